The van der Waals surface area contributed by atoms with Crippen LogP contribution in [0.3, 0.4) is 0 Å². The number of benzene rings is 1. The summed E-state index contributed by atoms with van der Waals surface area (Å²) in [6.07, 6.45) is 0. The van der Waals surface area contributed by atoms with Crippen molar-refractivity contribution in [3.8, 4) is 5.75 Å². The molecule has 21 heavy (non-hydrogen) atoms. The number of hydrazone groups is 1. The van der Waals surface area contributed by atoms with Crippen molar-refractivity contribution in [2.45, 2.75) is 26.7 Å². The third kappa shape index (κ3) is 3.47. The molecule has 0 aliphatic rings. The fourth-order valence-electron chi connectivity index (χ4n) is 1.78. The van der Waals surface area contributed by atoms with Gasteiger partial charge in [0, 0.05) is 11.3 Å². The Hall–Kier alpha value is -2.63. The van der Waals surface area contributed by atoms with Crippen LogP contribution in [-0.2, 0) is 0 Å². The molecule has 0 spiro atoms. The molecule has 1 aromatic heterocycles. The number of phenols is 1. The number of carbonyl (C=O) groups is 1. The average molecular weight is 286 g/mol. The Morgan fingerprint density at radius 3 is 2.71 bits per heavy atom. The van der Waals surface area contributed by atoms with Gasteiger partial charge in [-0.3, -0.25) is 9.89 Å². The van der Waals surface area contributed by atoms with Gasteiger partial charge in [-0.05, 0) is 31.0 Å². The average Bonchev–Trinajstić information content (AvgIpc) is 2.95. The summed E-state index contributed by atoms with van der Waals surface area (Å²) in [6, 6.07) is 8.51. The highest BCUT2D eigenvalue weighted by Crippen LogP contribution is 2.16. The number of aromatic amines is 1. The Morgan fingerprint density at radius 2 is 2.10 bits per heavy atom. The summed E-state index contributed by atoms with van der Waals surface area (Å²) >= 11 is 0. The molecule has 0 radical (unpaired) electrons. The summed E-state index contributed by atoms with van der Waals surface area (Å²) < 4.78 is 0. The molecule has 3 N–H and O–H groups in total. The molecule has 0 saturated heterocycles. The highest BCUT2D eigenvalue weighted by molar-refractivity contribution is 6.02. The lowest BCUT2D eigenvalue weighted by molar-refractivity contribution is 0.0950. The smallest absolute Gasteiger partial charge is 0.291 e. The molecule has 0 saturated carbocycles. The van der Waals surface area contributed by atoms with E-state index in [9.17, 15) is 9.90 Å². The van der Waals surface area contributed by atoms with Crippen LogP contribution in [0.2, 0.25) is 0 Å². The van der Waals surface area contributed by atoms with E-state index in [0.717, 1.165) is 5.69 Å². The second kappa shape index (κ2) is 6.21. The van der Waals surface area contributed by atoms with Crippen LogP contribution in [0.4, 0.5) is 0 Å². The lowest BCUT2D eigenvalue weighted by Crippen LogP contribution is -2.19. The molecule has 0 aliphatic heterocycles. The van der Waals surface area contributed by atoms with Gasteiger partial charge in [0.05, 0.1) is 5.71 Å². The first kappa shape index (κ1) is 14.8. The number of aromatic hydroxyl groups is 1. The molecule has 1 aromatic carbocycles. The molecule has 1 amide bonds. The Balaban J connectivity index is 2.09. The Morgan fingerprint density at radius 1 is 1.38 bits per heavy atom. The van der Waals surface area contributed by atoms with E-state index < -0.39 is 5.91 Å². The van der Waals surface area contributed by atoms with Crippen LogP contribution >= 0.6 is 0 Å². The molecular formula is C15H18N4O2. The first-order chi connectivity index (χ1) is 9.99. The first-order valence-electron chi connectivity index (χ1n) is 6.67. The number of aromatic nitrogens is 2. The van der Waals surface area contributed by atoms with Gasteiger partial charge >= 0.3 is 0 Å². The van der Waals surface area contributed by atoms with Gasteiger partial charge in [0.25, 0.3) is 5.91 Å². The van der Waals surface area contributed by atoms with Crippen molar-refractivity contribution in [2.75, 3.05) is 0 Å². The van der Waals surface area contributed by atoms with E-state index >= 15 is 0 Å². The quantitative estimate of drug-likeness (QED) is 0.595. The Labute approximate surface area is 122 Å². The van der Waals surface area contributed by atoms with Gasteiger partial charge in [-0.2, -0.15) is 10.2 Å². The largest absolute Gasteiger partial charge is 0.507 e. The number of nitrogens with one attached hydrogen (secondary N) is 2. The zero-order valence-corrected chi connectivity index (χ0v) is 12.2. The van der Waals surface area contributed by atoms with E-state index in [1.54, 1.807) is 37.3 Å². The number of nitrogens with zero attached hydrogens (tertiary/aromatic N) is 2. The third-order valence-electron chi connectivity index (χ3n) is 3.07. The monoisotopic (exact) mass is 286 g/mol. The zero-order chi connectivity index (χ0) is 15.4. The number of phenolic OH excluding ortho intramolecular Hbond substituents is 1. The molecule has 0 fully saturated rings. The van der Waals surface area contributed by atoms with Crippen molar-refractivity contribution >= 4 is 11.6 Å². The molecule has 6 nitrogen and oxygen atoms in total. The number of rotatable bonds is 4. The van der Waals surface area contributed by atoms with E-state index in [-0.39, 0.29) is 17.4 Å². The van der Waals surface area contributed by atoms with Crippen molar-refractivity contribution in [3.05, 3.63) is 47.3 Å². The van der Waals surface area contributed by atoms with Gasteiger partial charge in [-0.25, -0.2) is 5.43 Å². The van der Waals surface area contributed by atoms with Crippen molar-refractivity contribution < 1.29 is 9.90 Å². The minimum atomic E-state index is -0.395. The molecule has 1 heterocycles. The summed E-state index contributed by atoms with van der Waals surface area (Å²) in [7, 11) is 0. The molecule has 0 aliphatic carbocycles. The van der Waals surface area contributed by atoms with Gasteiger partial charge in [0.2, 0.25) is 0 Å². The predicted octanol–water partition coefficient (Wildman–Crippen LogP) is 2.39. The number of hydrogen-bond acceptors (Lipinski definition) is 4. The SMILES string of the molecule is CC(=NNC(=O)c1cc(C(C)C)[nH]n1)c1ccccc1O. The van der Waals surface area contributed by atoms with Crippen molar-refractivity contribution in [3.63, 3.8) is 0 Å². The minimum Gasteiger partial charge on any atom is -0.507 e. The van der Waals surface area contributed by atoms with Crippen LogP contribution in [0.5, 0.6) is 5.75 Å². The van der Waals surface area contributed by atoms with Gasteiger partial charge in [0.1, 0.15) is 5.75 Å². The van der Waals surface area contributed by atoms with E-state index in [0.29, 0.717) is 11.3 Å². The highest BCUT2D eigenvalue weighted by Gasteiger charge is 2.12. The molecule has 0 bridgehead atoms. The summed E-state index contributed by atoms with van der Waals surface area (Å²) in [5.74, 6) is -0.00617. The normalized spacial score (nSPS) is 11.7. The minimum absolute atomic E-state index is 0.120. The summed E-state index contributed by atoms with van der Waals surface area (Å²) in [5.41, 5.74) is 4.69. The maximum Gasteiger partial charge on any atom is 0.291 e. The number of para-hydroxylation sites is 1. The van der Waals surface area contributed by atoms with Gasteiger partial charge in [-0.15, -0.1) is 0 Å². The second-order valence-corrected chi connectivity index (χ2v) is 5.02. The lowest BCUT2D eigenvalue weighted by atomic mass is 10.1. The Bertz CT molecular complexity index is 674. The number of H-pyrrole nitrogens is 1. The molecular weight excluding hydrogens is 268 g/mol. The lowest BCUT2D eigenvalue weighted by Gasteiger charge is -2.03. The maximum atomic E-state index is 11.9. The van der Waals surface area contributed by atoms with Crippen LogP contribution in [0.15, 0.2) is 35.4 Å². The summed E-state index contributed by atoms with van der Waals surface area (Å²) in [4.78, 5) is 11.9. The number of carbonyl (C=O) groups excluding carboxylic acids is 1. The van der Waals surface area contributed by atoms with Gasteiger partial charge < -0.3 is 5.11 Å². The van der Waals surface area contributed by atoms with E-state index in [2.05, 4.69) is 20.7 Å². The number of amides is 1. The van der Waals surface area contributed by atoms with Crippen LogP contribution in [0.25, 0.3) is 0 Å². The summed E-state index contributed by atoms with van der Waals surface area (Å²) in [6.45, 7) is 5.73. The second-order valence-electron chi connectivity index (χ2n) is 5.02. The van der Waals surface area contributed by atoms with Crippen LogP contribution in [-0.4, -0.2) is 26.9 Å². The van der Waals surface area contributed by atoms with Gasteiger partial charge in [0.15, 0.2) is 5.69 Å². The standard InChI is InChI=1S/C15H18N4O2/c1-9(2)12-8-13(18-17-12)15(21)19-16-10(3)11-6-4-5-7-14(11)20/h4-9,20H,1-3H3,(H,17,18)(H,19,21). The molecule has 110 valence electrons. The first-order valence-corrected chi connectivity index (χ1v) is 6.67. The van der Waals surface area contributed by atoms with E-state index in [1.807, 2.05) is 13.8 Å². The van der Waals surface area contributed by atoms with Crippen LogP contribution < -0.4 is 5.43 Å². The number of hydrogen-bond donors (Lipinski definition) is 3. The third-order valence-corrected chi connectivity index (χ3v) is 3.07. The fourth-order valence-corrected chi connectivity index (χ4v) is 1.78. The molecule has 0 atom stereocenters. The van der Waals surface area contributed by atoms with Crippen LogP contribution in [0.1, 0.15) is 48.4 Å². The van der Waals surface area contributed by atoms with E-state index in [1.165, 1.54) is 0 Å². The summed E-state index contributed by atoms with van der Waals surface area (Å²) in [5, 5.41) is 20.5. The molecule has 2 aromatic rings. The van der Waals surface area contributed by atoms with Crippen LogP contribution in [0, 0.1) is 0 Å². The van der Waals surface area contributed by atoms with Gasteiger partial charge in [-0.1, -0.05) is 26.0 Å². The highest BCUT2D eigenvalue weighted by atomic mass is 16.3. The van der Waals surface area contributed by atoms with E-state index in [4.69, 9.17) is 0 Å². The maximum absolute atomic E-state index is 11.9. The predicted molar refractivity (Wildman–Crippen MR) is 80.5 cm³/mol. The Kier molecular flexibility index (Phi) is 4.37. The molecule has 0 unspecified atom stereocenters. The van der Waals surface area contributed by atoms with Crippen molar-refractivity contribution in [1.82, 2.24) is 15.6 Å². The topological polar surface area (TPSA) is 90.4 Å². The molecule has 2 rings (SSSR count). The van der Waals surface area contributed by atoms with Crippen molar-refractivity contribution in [1.29, 1.82) is 0 Å². The molecule has 6 heteroatoms. The fraction of sp³-hybridized carbons (Fsp3) is 0.267. The zero-order valence-electron chi connectivity index (χ0n) is 12.2. The van der Waals surface area contributed by atoms with Crippen molar-refractivity contribution in [2.24, 2.45) is 5.10 Å².